The van der Waals surface area contributed by atoms with Gasteiger partial charge in [-0.25, -0.2) is 4.68 Å². The molecule has 1 aromatic heterocycles. The summed E-state index contributed by atoms with van der Waals surface area (Å²) in [5, 5.41) is 17.2. The van der Waals surface area contributed by atoms with E-state index < -0.39 is 0 Å². The van der Waals surface area contributed by atoms with Crippen molar-refractivity contribution >= 4 is 0 Å². The number of nitrogens with zero attached hydrogens (tertiary/aromatic N) is 4. The Bertz CT molecular complexity index is 594. The topological polar surface area (TPSA) is 54.5 Å². The molecule has 0 radical (unpaired) electrons. The van der Waals surface area contributed by atoms with E-state index in [-0.39, 0.29) is 5.41 Å². The van der Waals surface area contributed by atoms with Crippen molar-refractivity contribution in [1.29, 1.82) is 5.26 Å². The van der Waals surface area contributed by atoms with Crippen molar-refractivity contribution in [3.8, 4) is 11.8 Å². The summed E-state index contributed by atoms with van der Waals surface area (Å²) in [5.74, 6) is 0. The normalized spacial score (nSPS) is 11.3. The van der Waals surface area contributed by atoms with Crippen molar-refractivity contribution in [2.45, 2.75) is 33.1 Å². The molecule has 0 fully saturated rings. The van der Waals surface area contributed by atoms with Gasteiger partial charge in [0.05, 0.1) is 11.4 Å². The maximum Gasteiger partial charge on any atom is 0.186 e. The van der Waals surface area contributed by atoms with Gasteiger partial charge in [0.15, 0.2) is 5.69 Å². The summed E-state index contributed by atoms with van der Waals surface area (Å²) < 4.78 is 1.75. The van der Waals surface area contributed by atoms with Gasteiger partial charge in [-0.3, -0.25) is 0 Å². The van der Waals surface area contributed by atoms with Crippen LogP contribution >= 0.6 is 0 Å². The van der Waals surface area contributed by atoms with E-state index in [0.29, 0.717) is 5.69 Å². The van der Waals surface area contributed by atoms with Crippen LogP contribution in [0.15, 0.2) is 24.3 Å². The van der Waals surface area contributed by atoms with Crippen molar-refractivity contribution in [2.24, 2.45) is 0 Å². The minimum absolute atomic E-state index is 0.181. The molecule has 0 atom stereocenters. The average Bonchev–Trinajstić information content (AvgIpc) is 2.73. The minimum Gasteiger partial charge on any atom is -0.216 e. The van der Waals surface area contributed by atoms with E-state index in [4.69, 9.17) is 5.26 Å². The number of hydrogen-bond acceptors (Lipinski definition) is 3. The second kappa shape index (κ2) is 4.26. The molecule has 0 bridgehead atoms. The van der Waals surface area contributed by atoms with Gasteiger partial charge < -0.3 is 0 Å². The van der Waals surface area contributed by atoms with Crippen LogP contribution in [0.2, 0.25) is 0 Å². The van der Waals surface area contributed by atoms with Gasteiger partial charge in [-0.2, -0.15) is 5.26 Å². The Morgan fingerprint density at radius 1 is 1.17 bits per heavy atom. The maximum atomic E-state index is 9.12. The smallest absolute Gasteiger partial charge is 0.186 e. The lowest BCUT2D eigenvalue weighted by Gasteiger charge is -2.19. The highest BCUT2D eigenvalue weighted by Gasteiger charge is 2.26. The lowest BCUT2D eigenvalue weighted by molar-refractivity contribution is 0.541. The van der Waals surface area contributed by atoms with Crippen LogP contribution in [0, 0.1) is 18.3 Å². The van der Waals surface area contributed by atoms with Crippen molar-refractivity contribution in [1.82, 2.24) is 15.0 Å². The summed E-state index contributed by atoms with van der Waals surface area (Å²) >= 11 is 0. The third-order valence-electron chi connectivity index (χ3n) is 2.77. The Morgan fingerprint density at radius 2 is 1.78 bits per heavy atom. The summed E-state index contributed by atoms with van der Waals surface area (Å²) in [6.07, 6.45) is 0. The molecule has 2 aromatic rings. The molecule has 1 aromatic carbocycles. The van der Waals surface area contributed by atoms with Gasteiger partial charge in [-0.15, -0.1) is 5.10 Å². The Hall–Kier alpha value is -2.15. The van der Waals surface area contributed by atoms with Crippen LogP contribution in [0.4, 0.5) is 0 Å². The standard InChI is InChI=1S/C14H16N4/c1-10-5-7-11(8-6-10)18-13(14(2,3)4)12(9-15)16-17-18/h5-8H,1-4H3. The molecule has 0 spiro atoms. The molecule has 92 valence electrons. The zero-order chi connectivity index (χ0) is 13.3. The van der Waals surface area contributed by atoms with Crippen LogP contribution in [0.3, 0.4) is 0 Å². The molecule has 0 N–H and O–H groups in total. The molecule has 0 amide bonds. The molecule has 4 heteroatoms. The molecule has 0 unspecified atom stereocenters. The van der Waals surface area contributed by atoms with Crippen LogP contribution in [-0.2, 0) is 5.41 Å². The number of hydrogen-bond donors (Lipinski definition) is 0. The number of benzene rings is 1. The molecule has 2 rings (SSSR count). The lowest BCUT2D eigenvalue weighted by atomic mass is 9.90. The first-order valence-corrected chi connectivity index (χ1v) is 5.87. The summed E-state index contributed by atoms with van der Waals surface area (Å²) in [7, 11) is 0. The number of nitriles is 1. The quantitative estimate of drug-likeness (QED) is 0.770. The number of aromatic nitrogens is 3. The van der Waals surface area contributed by atoms with E-state index in [0.717, 1.165) is 11.4 Å². The van der Waals surface area contributed by atoms with Gasteiger partial charge in [0.2, 0.25) is 0 Å². The molecule has 0 aliphatic carbocycles. The Kier molecular flexibility index (Phi) is 2.92. The molecule has 0 saturated carbocycles. The van der Waals surface area contributed by atoms with Crippen molar-refractivity contribution in [2.75, 3.05) is 0 Å². The number of aryl methyl sites for hydroxylation is 1. The van der Waals surface area contributed by atoms with E-state index in [9.17, 15) is 0 Å². The summed E-state index contributed by atoms with van der Waals surface area (Å²) in [4.78, 5) is 0. The molecule has 18 heavy (non-hydrogen) atoms. The van der Waals surface area contributed by atoms with E-state index in [1.54, 1.807) is 4.68 Å². The molecule has 0 saturated heterocycles. The molecule has 0 aliphatic rings. The van der Waals surface area contributed by atoms with E-state index in [1.165, 1.54) is 5.56 Å². The van der Waals surface area contributed by atoms with Gasteiger partial charge in [0.1, 0.15) is 6.07 Å². The predicted octanol–water partition coefficient (Wildman–Crippen LogP) is 2.74. The average molecular weight is 240 g/mol. The number of rotatable bonds is 1. The summed E-state index contributed by atoms with van der Waals surface area (Å²) in [5.41, 5.74) is 3.17. The third-order valence-corrected chi connectivity index (χ3v) is 2.77. The summed E-state index contributed by atoms with van der Waals surface area (Å²) in [6, 6.07) is 10.1. The molecular formula is C14H16N4. The second-order valence-corrected chi connectivity index (χ2v) is 5.40. The fourth-order valence-corrected chi connectivity index (χ4v) is 1.90. The highest BCUT2D eigenvalue weighted by Crippen LogP contribution is 2.26. The summed E-state index contributed by atoms with van der Waals surface area (Å²) in [6.45, 7) is 8.20. The Balaban J connectivity index is 2.63. The fourth-order valence-electron chi connectivity index (χ4n) is 1.90. The maximum absolute atomic E-state index is 9.12. The second-order valence-electron chi connectivity index (χ2n) is 5.40. The molecule has 4 nitrogen and oxygen atoms in total. The largest absolute Gasteiger partial charge is 0.216 e. The van der Waals surface area contributed by atoms with Crippen molar-refractivity contribution in [3.63, 3.8) is 0 Å². The van der Waals surface area contributed by atoms with Crippen LogP contribution in [0.25, 0.3) is 5.69 Å². The molecule has 1 heterocycles. The van der Waals surface area contributed by atoms with Crippen LogP contribution < -0.4 is 0 Å². The van der Waals surface area contributed by atoms with E-state index in [2.05, 4.69) is 37.2 Å². The third kappa shape index (κ3) is 2.12. The molecular weight excluding hydrogens is 224 g/mol. The highest BCUT2D eigenvalue weighted by molar-refractivity contribution is 5.40. The fraction of sp³-hybridized carbons (Fsp3) is 0.357. The molecule has 0 aliphatic heterocycles. The van der Waals surface area contributed by atoms with Crippen molar-refractivity contribution in [3.05, 3.63) is 41.2 Å². The van der Waals surface area contributed by atoms with Gasteiger partial charge in [0, 0.05) is 5.41 Å². The minimum atomic E-state index is -0.181. The van der Waals surface area contributed by atoms with Crippen LogP contribution in [0.5, 0.6) is 0 Å². The Labute approximate surface area is 107 Å². The Morgan fingerprint density at radius 3 is 2.28 bits per heavy atom. The zero-order valence-electron chi connectivity index (χ0n) is 11.1. The van der Waals surface area contributed by atoms with E-state index in [1.807, 2.05) is 31.2 Å². The zero-order valence-corrected chi connectivity index (χ0v) is 11.1. The van der Waals surface area contributed by atoms with Crippen molar-refractivity contribution < 1.29 is 0 Å². The first-order chi connectivity index (χ1) is 8.43. The first kappa shape index (κ1) is 12.3. The van der Waals surface area contributed by atoms with Gasteiger partial charge in [0.25, 0.3) is 0 Å². The van der Waals surface area contributed by atoms with Crippen LogP contribution in [0.1, 0.15) is 37.7 Å². The predicted molar refractivity (Wildman–Crippen MR) is 69.5 cm³/mol. The highest BCUT2D eigenvalue weighted by atomic mass is 15.4. The SMILES string of the molecule is Cc1ccc(-n2nnc(C#N)c2C(C)(C)C)cc1. The monoisotopic (exact) mass is 240 g/mol. The van der Waals surface area contributed by atoms with Gasteiger partial charge >= 0.3 is 0 Å². The van der Waals surface area contributed by atoms with Gasteiger partial charge in [-0.05, 0) is 19.1 Å². The van der Waals surface area contributed by atoms with E-state index >= 15 is 0 Å². The van der Waals surface area contributed by atoms with Gasteiger partial charge in [-0.1, -0.05) is 43.7 Å². The lowest BCUT2D eigenvalue weighted by Crippen LogP contribution is -2.19. The first-order valence-electron chi connectivity index (χ1n) is 5.87. The van der Waals surface area contributed by atoms with Crippen LogP contribution in [-0.4, -0.2) is 15.0 Å².